The van der Waals surface area contributed by atoms with Gasteiger partial charge in [0, 0.05) is 5.57 Å². The zero-order chi connectivity index (χ0) is 11.1. The second-order valence-corrected chi connectivity index (χ2v) is 2.70. The van der Waals surface area contributed by atoms with Crippen molar-refractivity contribution in [1.82, 2.24) is 0 Å². The monoisotopic (exact) mass is 206 g/mol. The smallest absolute Gasteiger partial charge is 0.333 e. The molecule has 4 N–H and O–H groups in total. The van der Waals surface area contributed by atoms with Gasteiger partial charge in [-0.15, -0.1) is 0 Å². The normalized spacial score (nSPS) is 14.3. The molecule has 6 heteroatoms. The Morgan fingerprint density at radius 2 is 2.00 bits per heavy atom. The summed E-state index contributed by atoms with van der Waals surface area (Å²) >= 11 is 0. The van der Waals surface area contributed by atoms with Crippen molar-refractivity contribution in [2.45, 2.75) is 19.3 Å². The molecule has 0 saturated heterocycles. The zero-order valence-electron chi connectivity index (χ0n) is 7.75. The Bertz CT molecular complexity index is 210. The third-order valence-corrected chi connectivity index (χ3v) is 1.34. The van der Waals surface area contributed by atoms with Crippen LogP contribution in [0.3, 0.4) is 0 Å². The Morgan fingerprint density at radius 3 is 2.43 bits per heavy atom. The fraction of sp³-hybridized carbons (Fsp3) is 0.625. The minimum absolute atomic E-state index is 0.0186. The van der Waals surface area contributed by atoms with E-state index in [1.165, 1.54) is 6.92 Å². The number of hydrogen-bond donors (Lipinski definition) is 4. The Hall–Kier alpha value is -0.950. The molecule has 0 heterocycles. The van der Waals surface area contributed by atoms with Crippen molar-refractivity contribution in [3.63, 3.8) is 0 Å². The van der Waals surface area contributed by atoms with Crippen molar-refractivity contribution in [2.75, 3.05) is 13.2 Å². The number of carbonyl (C=O) groups is 1. The number of carbonyl (C=O) groups excluding carboxylic acids is 1. The maximum Gasteiger partial charge on any atom is 0.333 e. The van der Waals surface area contributed by atoms with Crippen LogP contribution >= 0.6 is 0 Å². The molecule has 6 nitrogen and oxygen atoms in total. The van der Waals surface area contributed by atoms with Gasteiger partial charge in [-0.05, 0) is 13.0 Å². The fourth-order valence-electron chi connectivity index (χ4n) is 0.630. The molecule has 82 valence electrons. The lowest BCUT2D eigenvalue weighted by molar-refractivity contribution is -0.142. The van der Waals surface area contributed by atoms with Crippen LogP contribution in [0.15, 0.2) is 11.6 Å². The number of rotatable bonds is 5. The van der Waals surface area contributed by atoms with E-state index in [4.69, 9.17) is 20.4 Å². The molecule has 0 radical (unpaired) electrons. The maximum atomic E-state index is 11.0. The van der Waals surface area contributed by atoms with Gasteiger partial charge in [-0.2, -0.15) is 0 Å². The number of aliphatic hydroxyl groups excluding tert-OH is 3. The van der Waals surface area contributed by atoms with Gasteiger partial charge >= 0.3 is 5.97 Å². The molecule has 0 spiro atoms. The summed E-state index contributed by atoms with van der Waals surface area (Å²) in [6.45, 7) is 0.508. The molecule has 0 saturated carbocycles. The van der Waals surface area contributed by atoms with Crippen LogP contribution in [0.1, 0.15) is 6.92 Å². The minimum Gasteiger partial charge on any atom is -0.459 e. The first-order valence-electron chi connectivity index (χ1n) is 3.98. The van der Waals surface area contributed by atoms with Gasteiger partial charge in [0.1, 0.15) is 12.7 Å². The molecule has 0 amide bonds. The van der Waals surface area contributed by atoms with E-state index in [1.54, 1.807) is 0 Å². The highest BCUT2D eigenvalue weighted by Crippen LogP contribution is 1.99. The predicted octanol–water partition coefficient (Wildman–Crippen LogP) is -1.86. The maximum absolute atomic E-state index is 11.0. The van der Waals surface area contributed by atoms with E-state index in [9.17, 15) is 4.79 Å². The van der Waals surface area contributed by atoms with Crippen molar-refractivity contribution in [3.8, 4) is 0 Å². The van der Waals surface area contributed by atoms with Gasteiger partial charge in [0.25, 0.3) is 0 Å². The molecule has 0 aliphatic carbocycles. The summed E-state index contributed by atoms with van der Waals surface area (Å²) < 4.78 is 4.52. The molecular weight excluding hydrogens is 192 g/mol. The third kappa shape index (κ3) is 5.65. The van der Waals surface area contributed by atoms with Gasteiger partial charge in [-0.25, -0.2) is 4.79 Å². The van der Waals surface area contributed by atoms with E-state index in [0.29, 0.717) is 0 Å². The van der Waals surface area contributed by atoms with Crippen molar-refractivity contribution in [1.29, 1.82) is 0 Å². The van der Waals surface area contributed by atoms with Crippen molar-refractivity contribution in [2.24, 2.45) is 0 Å². The molecule has 0 aliphatic rings. The highest BCUT2D eigenvalue weighted by molar-refractivity contribution is 5.87. The Labute approximate surface area is 81.1 Å². The van der Waals surface area contributed by atoms with Gasteiger partial charge in [-0.3, -0.25) is 0 Å². The van der Waals surface area contributed by atoms with E-state index >= 15 is 0 Å². The largest absolute Gasteiger partial charge is 0.459 e. The van der Waals surface area contributed by atoms with E-state index < -0.39 is 25.0 Å². The van der Waals surface area contributed by atoms with E-state index in [2.05, 4.69) is 4.74 Å². The molecule has 0 bridgehead atoms. The van der Waals surface area contributed by atoms with Gasteiger partial charge in [-0.1, -0.05) is 0 Å². The first-order valence-corrected chi connectivity index (χ1v) is 3.98. The van der Waals surface area contributed by atoms with Crippen LogP contribution in [0.25, 0.3) is 0 Å². The highest BCUT2D eigenvalue weighted by Gasteiger charge is 2.10. The highest BCUT2D eigenvalue weighted by atomic mass is 16.5. The summed E-state index contributed by atoms with van der Waals surface area (Å²) in [5, 5.41) is 34.2. The number of aliphatic hydroxyl groups is 4. The standard InChI is InChI=1S/C8H14O6/c1-5(2-7(11)12)8(13)14-4-6(10)3-9/h2,6-7,9-12H,3-4H2,1H3. The summed E-state index contributed by atoms with van der Waals surface area (Å²) in [7, 11) is 0. The molecule has 0 fully saturated rings. The second-order valence-electron chi connectivity index (χ2n) is 2.70. The van der Waals surface area contributed by atoms with E-state index in [-0.39, 0.29) is 12.2 Å². The topological polar surface area (TPSA) is 107 Å². The molecule has 14 heavy (non-hydrogen) atoms. The minimum atomic E-state index is -1.72. The molecular formula is C8H14O6. The Morgan fingerprint density at radius 1 is 1.43 bits per heavy atom. The van der Waals surface area contributed by atoms with Crippen molar-refractivity contribution >= 4 is 5.97 Å². The molecule has 0 rings (SSSR count). The quantitative estimate of drug-likeness (QED) is 0.239. The van der Waals surface area contributed by atoms with Crippen LogP contribution in [0.5, 0.6) is 0 Å². The van der Waals surface area contributed by atoms with Crippen LogP contribution < -0.4 is 0 Å². The summed E-state index contributed by atoms with van der Waals surface area (Å²) in [5.74, 6) is -0.773. The molecule has 0 aromatic heterocycles. The third-order valence-electron chi connectivity index (χ3n) is 1.34. The van der Waals surface area contributed by atoms with Crippen LogP contribution in [-0.4, -0.2) is 52.0 Å². The molecule has 1 atom stereocenters. The van der Waals surface area contributed by atoms with Gasteiger partial charge in [0.15, 0.2) is 6.29 Å². The van der Waals surface area contributed by atoms with Crippen LogP contribution in [-0.2, 0) is 9.53 Å². The fourth-order valence-corrected chi connectivity index (χ4v) is 0.630. The average Bonchev–Trinajstić information content (AvgIpc) is 2.12. The molecule has 1 unspecified atom stereocenters. The molecule has 0 aromatic rings. The number of hydrogen-bond acceptors (Lipinski definition) is 6. The lowest BCUT2D eigenvalue weighted by Gasteiger charge is -2.08. The average molecular weight is 206 g/mol. The Kier molecular flexibility index (Phi) is 6.06. The lowest BCUT2D eigenvalue weighted by atomic mass is 10.3. The SMILES string of the molecule is CC(=CC(O)O)C(=O)OCC(O)CO. The molecule has 0 aliphatic heterocycles. The predicted molar refractivity (Wildman–Crippen MR) is 46.0 cm³/mol. The lowest BCUT2D eigenvalue weighted by Crippen LogP contribution is -2.22. The zero-order valence-corrected chi connectivity index (χ0v) is 7.75. The van der Waals surface area contributed by atoms with Gasteiger partial charge in [0.05, 0.1) is 6.61 Å². The second kappa shape index (κ2) is 6.50. The molecule has 0 aromatic carbocycles. The number of esters is 1. The summed E-state index contributed by atoms with van der Waals surface area (Å²) in [5.41, 5.74) is 0.0186. The van der Waals surface area contributed by atoms with Crippen molar-refractivity contribution < 1.29 is 30.0 Å². The first-order chi connectivity index (χ1) is 6.47. The van der Waals surface area contributed by atoms with Crippen LogP contribution in [0, 0.1) is 0 Å². The van der Waals surface area contributed by atoms with E-state index in [0.717, 1.165) is 6.08 Å². The van der Waals surface area contributed by atoms with Crippen LogP contribution in [0.4, 0.5) is 0 Å². The van der Waals surface area contributed by atoms with Crippen molar-refractivity contribution in [3.05, 3.63) is 11.6 Å². The van der Waals surface area contributed by atoms with E-state index in [1.807, 2.05) is 0 Å². The number of ether oxygens (including phenoxy) is 1. The summed E-state index contributed by atoms with van der Waals surface area (Å²) in [4.78, 5) is 11.0. The van der Waals surface area contributed by atoms with Gasteiger partial charge < -0.3 is 25.2 Å². The summed E-state index contributed by atoms with van der Waals surface area (Å²) in [6, 6.07) is 0. The first kappa shape index (κ1) is 13.1. The van der Waals surface area contributed by atoms with Gasteiger partial charge in [0.2, 0.25) is 0 Å². The van der Waals surface area contributed by atoms with Crippen LogP contribution in [0.2, 0.25) is 0 Å². The summed E-state index contributed by atoms with van der Waals surface area (Å²) in [6.07, 6.45) is -1.94. The Balaban J connectivity index is 3.96.